The Hall–Kier alpha value is -2.17. The predicted molar refractivity (Wildman–Crippen MR) is 117 cm³/mol. The maximum absolute atomic E-state index is 12.7. The summed E-state index contributed by atoms with van der Waals surface area (Å²) in [6, 6.07) is 7.74. The maximum Gasteiger partial charge on any atom is 0.411 e. The number of amides is 1. The lowest BCUT2D eigenvalue weighted by Gasteiger charge is -2.34. The molecular formula is C22H28F3N3O3S. The van der Waals surface area contributed by atoms with Gasteiger partial charge in [0.25, 0.3) is 0 Å². The van der Waals surface area contributed by atoms with Crippen LogP contribution in [0, 0.1) is 0 Å². The van der Waals surface area contributed by atoms with Gasteiger partial charge < -0.3 is 14.4 Å². The van der Waals surface area contributed by atoms with Crippen LogP contribution in [-0.4, -0.2) is 79.4 Å². The number of hydrogen-bond acceptors (Lipinski definition) is 6. The molecule has 0 aliphatic carbocycles. The van der Waals surface area contributed by atoms with Crippen LogP contribution < -0.4 is 4.74 Å². The van der Waals surface area contributed by atoms with Gasteiger partial charge in [-0.15, -0.1) is 11.3 Å². The zero-order chi connectivity index (χ0) is 23.0. The Morgan fingerprint density at radius 3 is 2.53 bits per heavy atom. The van der Waals surface area contributed by atoms with E-state index < -0.39 is 12.8 Å². The molecule has 1 fully saturated rings. The molecule has 0 spiro atoms. The summed E-state index contributed by atoms with van der Waals surface area (Å²) in [5.41, 5.74) is 1.75. The molecule has 6 nitrogen and oxygen atoms in total. The molecule has 2 heterocycles. The summed E-state index contributed by atoms with van der Waals surface area (Å²) in [5, 5.41) is 2.79. The number of carbonyl (C=O) groups is 1. The summed E-state index contributed by atoms with van der Waals surface area (Å²) in [6.07, 6.45) is -3.48. The van der Waals surface area contributed by atoms with Crippen molar-refractivity contribution in [1.29, 1.82) is 0 Å². The molecule has 0 unspecified atom stereocenters. The number of ether oxygens (including phenoxy) is 2. The molecule has 176 valence electrons. The maximum atomic E-state index is 12.7. The minimum atomic E-state index is -4.28. The number of piperazine rings is 1. The Bertz CT molecular complexity index is 850. The number of halogens is 3. The first kappa shape index (κ1) is 24.5. The van der Waals surface area contributed by atoms with E-state index in [-0.39, 0.29) is 18.9 Å². The van der Waals surface area contributed by atoms with Gasteiger partial charge in [0.05, 0.1) is 18.7 Å². The lowest BCUT2D eigenvalue weighted by atomic mass is 10.2. The zero-order valence-corrected chi connectivity index (χ0v) is 18.9. The van der Waals surface area contributed by atoms with E-state index in [9.17, 15) is 18.0 Å². The monoisotopic (exact) mass is 471 g/mol. The zero-order valence-electron chi connectivity index (χ0n) is 18.1. The van der Waals surface area contributed by atoms with Crippen LogP contribution in [0.1, 0.15) is 19.0 Å². The lowest BCUT2D eigenvalue weighted by molar-refractivity contribution is -0.174. The number of rotatable bonds is 10. The highest BCUT2D eigenvalue weighted by atomic mass is 32.1. The first-order valence-corrected chi connectivity index (χ1v) is 11.5. The van der Waals surface area contributed by atoms with Crippen molar-refractivity contribution in [2.24, 2.45) is 0 Å². The number of thiazole rings is 1. The van der Waals surface area contributed by atoms with E-state index in [0.29, 0.717) is 45.8 Å². The minimum Gasteiger partial charge on any atom is -0.494 e. The molecule has 0 N–H and O–H groups in total. The van der Waals surface area contributed by atoms with Crippen molar-refractivity contribution in [3.8, 4) is 16.3 Å². The van der Waals surface area contributed by atoms with Gasteiger partial charge in [0.2, 0.25) is 5.91 Å². The van der Waals surface area contributed by atoms with Crippen LogP contribution in [0.3, 0.4) is 0 Å². The molecule has 0 radical (unpaired) electrons. The summed E-state index contributed by atoms with van der Waals surface area (Å²) in [7, 11) is 0. The lowest BCUT2D eigenvalue weighted by Crippen LogP contribution is -2.49. The van der Waals surface area contributed by atoms with E-state index in [1.165, 1.54) is 11.3 Å². The first-order valence-electron chi connectivity index (χ1n) is 10.7. The molecule has 1 aliphatic heterocycles. The molecular weight excluding hydrogens is 443 g/mol. The second-order valence-electron chi connectivity index (χ2n) is 7.52. The Balaban J connectivity index is 1.39. The van der Waals surface area contributed by atoms with Crippen molar-refractivity contribution in [2.45, 2.75) is 25.9 Å². The summed E-state index contributed by atoms with van der Waals surface area (Å²) in [4.78, 5) is 21.2. The molecule has 3 rings (SSSR count). The summed E-state index contributed by atoms with van der Waals surface area (Å²) in [6.45, 7) is 4.74. The van der Waals surface area contributed by atoms with Crippen LogP contribution >= 0.6 is 11.3 Å². The van der Waals surface area contributed by atoms with E-state index in [2.05, 4.69) is 14.6 Å². The highest BCUT2D eigenvalue weighted by Crippen LogP contribution is 2.26. The van der Waals surface area contributed by atoms with Gasteiger partial charge in [-0.3, -0.25) is 9.69 Å². The van der Waals surface area contributed by atoms with Gasteiger partial charge in [0, 0.05) is 50.3 Å². The van der Waals surface area contributed by atoms with E-state index in [0.717, 1.165) is 22.0 Å². The summed E-state index contributed by atoms with van der Waals surface area (Å²) >= 11 is 1.51. The van der Waals surface area contributed by atoms with Crippen molar-refractivity contribution >= 4 is 17.2 Å². The molecule has 1 amide bonds. The van der Waals surface area contributed by atoms with Crippen molar-refractivity contribution in [1.82, 2.24) is 14.8 Å². The third kappa shape index (κ3) is 7.75. The number of nitrogens with zero attached hydrogens (tertiary/aromatic N) is 3. The Morgan fingerprint density at radius 1 is 1.16 bits per heavy atom. The Morgan fingerprint density at radius 2 is 1.88 bits per heavy atom. The van der Waals surface area contributed by atoms with E-state index in [1.54, 1.807) is 0 Å². The van der Waals surface area contributed by atoms with Crippen LogP contribution in [0.25, 0.3) is 10.6 Å². The highest BCUT2D eigenvalue weighted by molar-refractivity contribution is 7.13. The number of aromatic nitrogens is 1. The smallest absolute Gasteiger partial charge is 0.411 e. The van der Waals surface area contributed by atoms with Gasteiger partial charge >= 0.3 is 6.18 Å². The van der Waals surface area contributed by atoms with Crippen LogP contribution in [0.4, 0.5) is 13.2 Å². The van der Waals surface area contributed by atoms with Crippen LogP contribution in [0.15, 0.2) is 29.6 Å². The quantitative estimate of drug-likeness (QED) is 0.493. The SMILES string of the molecule is CCOc1ccc(-c2nc(CC(=O)N3CCN(CCCOCC(F)(F)F)CC3)cs2)cc1. The minimum absolute atomic E-state index is 0.0432. The van der Waals surface area contributed by atoms with Gasteiger partial charge in [-0.05, 0) is 37.6 Å². The van der Waals surface area contributed by atoms with Crippen molar-refractivity contribution in [2.75, 3.05) is 52.5 Å². The molecule has 1 saturated heterocycles. The molecule has 1 aromatic carbocycles. The largest absolute Gasteiger partial charge is 0.494 e. The molecule has 32 heavy (non-hydrogen) atoms. The molecule has 0 bridgehead atoms. The number of alkyl halides is 3. The van der Waals surface area contributed by atoms with Gasteiger partial charge in [0.15, 0.2) is 0 Å². The second-order valence-corrected chi connectivity index (χ2v) is 8.38. The fourth-order valence-corrected chi connectivity index (χ4v) is 4.27. The molecule has 1 aliphatic rings. The standard InChI is InChI=1S/C22H28F3N3O3S/c1-2-31-19-6-4-17(5-7-19)21-26-18(15-32-21)14-20(29)28-11-9-27(10-12-28)8-3-13-30-16-22(23,24)25/h4-7,15H,2-3,8-14,16H2,1H3. The normalized spacial score (nSPS) is 15.2. The van der Waals surface area contributed by atoms with Gasteiger partial charge in [-0.1, -0.05) is 0 Å². The molecule has 2 aromatic rings. The number of carbonyl (C=O) groups excluding carboxylic acids is 1. The number of hydrogen-bond donors (Lipinski definition) is 0. The number of benzene rings is 1. The van der Waals surface area contributed by atoms with Crippen LogP contribution in [0.2, 0.25) is 0 Å². The predicted octanol–water partition coefficient (Wildman–Crippen LogP) is 3.86. The van der Waals surface area contributed by atoms with Crippen molar-refractivity contribution in [3.05, 3.63) is 35.3 Å². The molecule has 0 atom stereocenters. The molecule has 1 aromatic heterocycles. The first-order chi connectivity index (χ1) is 15.3. The van der Waals surface area contributed by atoms with E-state index in [4.69, 9.17) is 4.74 Å². The van der Waals surface area contributed by atoms with E-state index >= 15 is 0 Å². The fraction of sp³-hybridized carbons (Fsp3) is 0.545. The molecule has 10 heteroatoms. The van der Waals surface area contributed by atoms with Crippen molar-refractivity contribution in [3.63, 3.8) is 0 Å². The Labute approximate surface area is 189 Å². The fourth-order valence-electron chi connectivity index (χ4n) is 3.45. The molecule has 0 saturated carbocycles. The van der Waals surface area contributed by atoms with E-state index in [1.807, 2.05) is 41.5 Å². The van der Waals surface area contributed by atoms with Gasteiger partial charge in [-0.2, -0.15) is 13.2 Å². The van der Waals surface area contributed by atoms with Gasteiger partial charge in [0.1, 0.15) is 17.4 Å². The summed E-state index contributed by atoms with van der Waals surface area (Å²) < 4.78 is 46.3. The second kappa shape index (κ2) is 11.6. The average molecular weight is 472 g/mol. The van der Waals surface area contributed by atoms with Crippen LogP contribution in [0.5, 0.6) is 5.75 Å². The third-order valence-corrected chi connectivity index (χ3v) is 5.99. The topological polar surface area (TPSA) is 54.9 Å². The average Bonchev–Trinajstić information content (AvgIpc) is 3.22. The third-order valence-electron chi connectivity index (χ3n) is 5.05. The van der Waals surface area contributed by atoms with Crippen LogP contribution in [-0.2, 0) is 16.0 Å². The highest BCUT2D eigenvalue weighted by Gasteiger charge is 2.27. The van der Waals surface area contributed by atoms with Crippen molar-refractivity contribution < 1.29 is 27.4 Å². The summed E-state index contributed by atoms with van der Waals surface area (Å²) in [5.74, 6) is 0.859. The van der Waals surface area contributed by atoms with Gasteiger partial charge in [-0.25, -0.2) is 4.98 Å². The Kier molecular flexibility index (Phi) is 8.89.